The first-order valence-electron chi connectivity index (χ1n) is 6.88. The van der Waals surface area contributed by atoms with Gasteiger partial charge in [-0.1, -0.05) is 33.1 Å². The Bertz CT molecular complexity index is 450. The third-order valence-corrected chi connectivity index (χ3v) is 3.97. The number of aromatic nitrogens is 1. The monoisotopic (exact) mass is 251 g/mol. The fourth-order valence-electron chi connectivity index (χ4n) is 2.43. The number of unbranched alkanes of at least 4 members (excludes halogenated alkanes) is 2. The third kappa shape index (κ3) is 2.95. The molecule has 0 bridgehead atoms. The molecule has 1 N–H and O–H groups in total. The van der Waals surface area contributed by atoms with Crippen molar-refractivity contribution < 1.29 is 5.11 Å². The van der Waals surface area contributed by atoms with Crippen LogP contribution in [0.25, 0.3) is 0 Å². The summed E-state index contributed by atoms with van der Waals surface area (Å²) in [5.41, 5.74) is 0.351. The van der Waals surface area contributed by atoms with Crippen molar-refractivity contribution in [3.63, 3.8) is 0 Å². The molecule has 1 heterocycles. The van der Waals surface area contributed by atoms with Gasteiger partial charge in [0.05, 0.1) is 5.69 Å². The van der Waals surface area contributed by atoms with Gasteiger partial charge in [0.15, 0.2) is 5.75 Å². The maximum absolute atomic E-state index is 11.4. The Labute approximate surface area is 109 Å². The van der Waals surface area contributed by atoms with E-state index in [1.807, 2.05) is 13.1 Å². The molecule has 0 aliphatic carbocycles. The first-order valence-corrected chi connectivity index (χ1v) is 6.88. The zero-order chi connectivity index (χ0) is 13.8. The van der Waals surface area contributed by atoms with E-state index < -0.39 is 0 Å². The fourth-order valence-corrected chi connectivity index (χ4v) is 2.43. The van der Waals surface area contributed by atoms with E-state index in [0.29, 0.717) is 5.69 Å². The fraction of sp³-hybridized carbons (Fsp3) is 0.667. The molecule has 0 aromatic carbocycles. The summed E-state index contributed by atoms with van der Waals surface area (Å²) in [6, 6.07) is 1.45. The summed E-state index contributed by atoms with van der Waals surface area (Å²) in [4.78, 5) is 11.4. The number of nitrogens with zero attached hydrogens (tertiary/aromatic N) is 1. The van der Waals surface area contributed by atoms with E-state index in [4.69, 9.17) is 0 Å². The second-order valence-corrected chi connectivity index (χ2v) is 5.29. The van der Waals surface area contributed by atoms with Crippen LogP contribution in [0.5, 0.6) is 5.75 Å². The molecular formula is C15H25NO2. The maximum atomic E-state index is 11.4. The summed E-state index contributed by atoms with van der Waals surface area (Å²) < 4.78 is 2.05. The first-order chi connectivity index (χ1) is 8.46. The minimum Gasteiger partial charge on any atom is -0.503 e. The van der Waals surface area contributed by atoms with Gasteiger partial charge in [-0.25, -0.2) is 0 Å². The molecule has 0 aliphatic heterocycles. The van der Waals surface area contributed by atoms with Crippen molar-refractivity contribution in [2.45, 2.75) is 65.3 Å². The smallest absolute Gasteiger partial charge is 0.223 e. The minimum absolute atomic E-state index is 0.0234. The quantitative estimate of drug-likeness (QED) is 0.785. The molecule has 1 rings (SSSR count). The highest BCUT2D eigenvalue weighted by atomic mass is 16.3. The van der Waals surface area contributed by atoms with E-state index in [2.05, 4.69) is 25.3 Å². The van der Waals surface area contributed by atoms with Crippen molar-refractivity contribution in [1.82, 2.24) is 4.57 Å². The van der Waals surface area contributed by atoms with Gasteiger partial charge in [0, 0.05) is 17.8 Å². The van der Waals surface area contributed by atoms with Crippen molar-refractivity contribution in [3.05, 3.63) is 28.2 Å². The Balaban J connectivity index is 3.08. The summed E-state index contributed by atoms with van der Waals surface area (Å²) in [7, 11) is 0. The summed E-state index contributed by atoms with van der Waals surface area (Å²) in [6.45, 7) is 8.35. The molecule has 1 unspecified atom stereocenters. The molecule has 0 spiro atoms. The van der Waals surface area contributed by atoms with E-state index in [0.717, 1.165) is 12.8 Å². The van der Waals surface area contributed by atoms with Gasteiger partial charge in [-0.15, -0.1) is 0 Å². The van der Waals surface area contributed by atoms with Crippen molar-refractivity contribution in [3.8, 4) is 5.75 Å². The largest absolute Gasteiger partial charge is 0.503 e. The van der Waals surface area contributed by atoms with Crippen LogP contribution >= 0.6 is 0 Å². The second kappa shape index (κ2) is 6.07. The van der Waals surface area contributed by atoms with Crippen LogP contribution in [0.1, 0.15) is 58.6 Å². The standard InChI is InChI=1S/C15H25NO2/c1-5-7-8-10-15(4,6-2)16-11-9-13(17)14(18)12(16)3/h9,11,18H,5-8,10H2,1-4H3. The minimum atomic E-state index is -0.296. The second-order valence-electron chi connectivity index (χ2n) is 5.29. The average Bonchev–Trinajstić information content (AvgIpc) is 2.36. The van der Waals surface area contributed by atoms with Gasteiger partial charge in [-0.05, 0) is 26.7 Å². The highest BCUT2D eigenvalue weighted by Crippen LogP contribution is 2.30. The number of hydrogen-bond acceptors (Lipinski definition) is 2. The van der Waals surface area contributed by atoms with E-state index in [-0.39, 0.29) is 16.7 Å². The highest BCUT2D eigenvalue weighted by Gasteiger charge is 2.25. The van der Waals surface area contributed by atoms with Gasteiger partial charge in [-0.2, -0.15) is 0 Å². The van der Waals surface area contributed by atoms with Crippen LogP contribution < -0.4 is 5.43 Å². The predicted octanol–water partition coefficient (Wildman–Crippen LogP) is 3.57. The number of hydrogen-bond donors (Lipinski definition) is 1. The molecule has 0 amide bonds. The average molecular weight is 251 g/mol. The molecule has 0 saturated heterocycles. The molecular weight excluding hydrogens is 226 g/mol. The summed E-state index contributed by atoms with van der Waals surface area (Å²) in [5.74, 6) is -0.118. The molecule has 18 heavy (non-hydrogen) atoms. The van der Waals surface area contributed by atoms with Crippen LogP contribution in [0.3, 0.4) is 0 Å². The summed E-state index contributed by atoms with van der Waals surface area (Å²) in [6.07, 6.45) is 7.47. The molecule has 3 nitrogen and oxygen atoms in total. The molecule has 0 fully saturated rings. The molecule has 102 valence electrons. The summed E-state index contributed by atoms with van der Waals surface area (Å²) in [5, 5.41) is 9.78. The van der Waals surface area contributed by atoms with Gasteiger partial charge in [-0.3, -0.25) is 4.79 Å². The van der Waals surface area contributed by atoms with E-state index in [1.165, 1.54) is 25.3 Å². The van der Waals surface area contributed by atoms with Gasteiger partial charge >= 0.3 is 0 Å². The van der Waals surface area contributed by atoms with Gasteiger partial charge in [0.25, 0.3) is 0 Å². The van der Waals surface area contributed by atoms with Gasteiger partial charge in [0.1, 0.15) is 0 Å². The van der Waals surface area contributed by atoms with Crippen LogP contribution in [0.4, 0.5) is 0 Å². The Kier molecular flexibility index (Phi) is 5.00. The molecule has 3 heteroatoms. The Morgan fingerprint density at radius 3 is 2.56 bits per heavy atom. The molecule has 0 radical (unpaired) electrons. The highest BCUT2D eigenvalue weighted by molar-refractivity contribution is 5.26. The van der Waals surface area contributed by atoms with Crippen LogP contribution in [0.15, 0.2) is 17.1 Å². The maximum Gasteiger partial charge on any atom is 0.223 e. The lowest BCUT2D eigenvalue weighted by atomic mass is 9.90. The first kappa shape index (κ1) is 14.8. The van der Waals surface area contributed by atoms with Crippen molar-refractivity contribution in [2.75, 3.05) is 0 Å². The van der Waals surface area contributed by atoms with E-state index >= 15 is 0 Å². The van der Waals surface area contributed by atoms with Gasteiger partial charge < -0.3 is 9.67 Å². The van der Waals surface area contributed by atoms with Crippen LogP contribution in [-0.2, 0) is 5.54 Å². The number of pyridine rings is 1. The Morgan fingerprint density at radius 2 is 2.00 bits per heavy atom. The number of rotatable bonds is 6. The third-order valence-electron chi connectivity index (χ3n) is 3.97. The van der Waals surface area contributed by atoms with Crippen molar-refractivity contribution in [1.29, 1.82) is 0 Å². The lowest BCUT2D eigenvalue weighted by Crippen LogP contribution is -2.31. The Morgan fingerprint density at radius 1 is 1.33 bits per heavy atom. The molecule has 1 aromatic heterocycles. The summed E-state index contributed by atoms with van der Waals surface area (Å²) >= 11 is 0. The zero-order valence-electron chi connectivity index (χ0n) is 12.0. The van der Waals surface area contributed by atoms with E-state index in [9.17, 15) is 9.90 Å². The lowest BCUT2D eigenvalue weighted by molar-refractivity contribution is 0.261. The normalized spacial score (nSPS) is 14.4. The SMILES string of the molecule is CCCCCC(C)(CC)n1ccc(=O)c(O)c1C. The molecule has 1 atom stereocenters. The Hall–Kier alpha value is -1.25. The molecule has 1 aromatic rings. The zero-order valence-corrected chi connectivity index (χ0v) is 12.0. The topological polar surface area (TPSA) is 42.2 Å². The van der Waals surface area contributed by atoms with Crippen LogP contribution in [-0.4, -0.2) is 9.67 Å². The number of aromatic hydroxyl groups is 1. The van der Waals surface area contributed by atoms with Crippen LogP contribution in [0, 0.1) is 6.92 Å². The van der Waals surface area contributed by atoms with Crippen molar-refractivity contribution >= 4 is 0 Å². The van der Waals surface area contributed by atoms with Crippen LogP contribution in [0.2, 0.25) is 0 Å². The van der Waals surface area contributed by atoms with E-state index in [1.54, 1.807) is 0 Å². The lowest BCUT2D eigenvalue weighted by Gasteiger charge is -2.34. The van der Waals surface area contributed by atoms with Crippen molar-refractivity contribution in [2.24, 2.45) is 0 Å². The molecule has 0 saturated carbocycles. The predicted molar refractivity (Wildman–Crippen MR) is 75.2 cm³/mol. The van der Waals surface area contributed by atoms with Gasteiger partial charge in [0.2, 0.25) is 5.43 Å². The molecule has 0 aliphatic rings.